The number of likely N-dealkylation sites (N-methyl/N-ethyl adjacent to an activating group) is 2. The maximum absolute atomic E-state index is 12.0. The van der Waals surface area contributed by atoms with Gasteiger partial charge in [-0.15, -0.1) is 0 Å². The monoisotopic (exact) mass is 243 g/mol. The molecule has 5 heteroatoms. The predicted octanol–water partition coefficient (Wildman–Crippen LogP) is -0.535. The molecule has 0 aliphatic carbocycles. The molecule has 1 N–H and O–H groups in total. The Morgan fingerprint density at radius 1 is 1.29 bits per heavy atom. The zero-order valence-corrected chi connectivity index (χ0v) is 11.1. The molecule has 17 heavy (non-hydrogen) atoms. The summed E-state index contributed by atoms with van der Waals surface area (Å²) in [4.78, 5) is 18.3. The second-order valence-corrected chi connectivity index (χ2v) is 4.63. The van der Waals surface area contributed by atoms with Crippen LogP contribution in [0.15, 0.2) is 0 Å². The molecule has 5 nitrogen and oxygen atoms in total. The van der Waals surface area contributed by atoms with Crippen molar-refractivity contribution in [3.63, 3.8) is 0 Å². The highest BCUT2D eigenvalue weighted by Gasteiger charge is 2.20. The molecular weight excluding hydrogens is 218 g/mol. The Balaban J connectivity index is 2.31. The summed E-state index contributed by atoms with van der Waals surface area (Å²) in [6.45, 7) is 8.00. The van der Waals surface area contributed by atoms with Gasteiger partial charge >= 0.3 is 0 Å². The number of hydrogen-bond acceptors (Lipinski definition) is 4. The van der Waals surface area contributed by atoms with Crippen LogP contribution in [0.25, 0.3) is 0 Å². The molecule has 1 saturated heterocycles. The van der Waals surface area contributed by atoms with Gasteiger partial charge in [0.1, 0.15) is 0 Å². The van der Waals surface area contributed by atoms with E-state index >= 15 is 0 Å². The minimum absolute atomic E-state index is 0.194. The van der Waals surface area contributed by atoms with Crippen molar-refractivity contribution in [2.45, 2.75) is 13.3 Å². The van der Waals surface area contributed by atoms with Gasteiger partial charge in [-0.2, -0.15) is 0 Å². The lowest BCUT2D eigenvalue weighted by Gasteiger charge is -2.33. The summed E-state index contributed by atoms with van der Waals surface area (Å²) < 4.78 is 0. The number of carbonyl (C=O) groups excluding carboxylic acids is 1. The van der Waals surface area contributed by atoms with E-state index in [1.807, 2.05) is 4.90 Å². The number of piperazine rings is 1. The molecule has 1 aliphatic heterocycles. The molecule has 1 heterocycles. The van der Waals surface area contributed by atoms with E-state index < -0.39 is 0 Å². The topological polar surface area (TPSA) is 47.0 Å². The Hall–Kier alpha value is -0.650. The van der Waals surface area contributed by atoms with E-state index in [-0.39, 0.29) is 12.5 Å². The Kier molecular flexibility index (Phi) is 6.47. The molecule has 1 fully saturated rings. The van der Waals surface area contributed by atoms with E-state index in [0.29, 0.717) is 6.54 Å². The molecule has 0 saturated carbocycles. The number of hydrogen-bond donors (Lipinski definition) is 1. The van der Waals surface area contributed by atoms with Gasteiger partial charge in [-0.25, -0.2) is 0 Å². The van der Waals surface area contributed by atoms with Crippen LogP contribution >= 0.6 is 0 Å². The fourth-order valence-electron chi connectivity index (χ4n) is 1.99. The van der Waals surface area contributed by atoms with Crippen molar-refractivity contribution >= 4 is 5.91 Å². The van der Waals surface area contributed by atoms with Crippen molar-refractivity contribution in [1.82, 2.24) is 14.7 Å². The van der Waals surface area contributed by atoms with Crippen molar-refractivity contribution in [1.29, 1.82) is 0 Å². The average molecular weight is 243 g/mol. The second-order valence-electron chi connectivity index (χ2n) is 4.63. The standard InChI is InChI=1S/C12H25N3O2/c1-3-14(5-4-10-16)11-12(17)15-8-6-13(2)7-9-15/h16H,3-11H2,1-2H3. The van der Waals surface area contributed by atoms with Gasteiger partial charge in [0.05, 0.1) is 6.54 Å². The van der Waals surface area contributed by atoms with E-state index in [1.165, 1.54) is 0 Å². The highest BCUT2D eigenvalue weighted by molar-refractivity contribution is 5.78. The third kappa shape index (κ3) is 5.02. The molecule has 100 valence electrons. The molecule has 0 aromatic carbocycles. The van der Waals surface area contributed by atoms with Crippen LogP contribution in [0.2, 0.25) is 0 Å². The quantitative estimate of drug-likeness (QED) is 0.681. The fourth-order valence-corrected chi connectivity index (χ4v) is 1.99. The first-order chi connectivity index (χ1) is 8.17. The molecular formula is C12H25N3O2. The van der Waals surface area contributed by atoms with Crippen LogP contribution in [0.3, 0.4) is 0 Å². The molecule has 0 radical (unpaired) electrons. The van der Waals surface area contributed by atoms with Crippen LogP contribution in [-0.2, 0) is 4.79 Å². The first kappa shape index (κ1) is 14.4. The number of aliphatic hydroxyl groups excluding tert-OH is 1. The van der Waals surface area contributed by atoms with Gasteiger partial charge in [-0.3, -0.25) is 9.69 Å². The van der Waals surface area contributed by atoms with Gasteiger partial charge < -0.3 is 14.9 Å². The van der Waals surface area contributed by atoms with E-state index in [2.05, 4.69) is 23.8 Å². The van der Waals surface area contributed by atoms with Crippen LogP contribution in [0.4, 0.5) is 0 Å². The maximum Gasteiger partial charge on any atom is 0.236 e. The molecule has 0 bridgehead atoms. The van der Waals surface area contributed by atoms with Crippen molar-refractivity contribution in [3.8, 4) is 0 Å². The van der Waals surface area contributed by atoms with Gasteiger partial charge in [-0.1, -0.05) is 6.92 Å². The van der Waals surface area contributed by atoms with Crippen molar-refractivity contribution < 1.29 is 9.90 Å². The highest BCUT2D eigenvalue weighted by Crippen LogP contribution is 2.01. The van der Waals surface area contributed by atoms with Crippen LogP contribution in [0.1, 0.15) is 13.3 Å². The second kappa shape index (κ2) is 7.63. The summed E-state index contributed by atoms with van der Waals surface area (Å²) in [6.07, 6.45) is 0.740. The van der Waals surface area contributed by atoms with Crippen LogP contribution in [0, 0.1) is 0 Å². The molecule has 0 atom stereocenters. The lowest BCUT2D eigenvalue weighted by Crippen LogP contribution is -2.50. The SMILES string of the molecule is CCN(CCCO)CC(=O)N1CCN(C)CC1. The van der Waals surface area contributed by atoms with Crippen LogP contribution in [-0.4, -0.2) is 85.2 Å². The van der Waals surface area contributed by atoms with E-state index in [9.17, 15) is 4.79 Å². The number of carbonyl (C=O) groups is 1. The largest absolute Gasteiger partial charge is 0.396 e. The summed E-state index contributed by atoms with van der Waals surface area (Å²) in [7, 11) is 2.08. The number of aliphatic hydroxyl groups is 1. The third-order valence-electron chi connectivity index (χ3n) is 3.29. The Morgan fingerprint density at radius 2 is 1.94 bits per heavy atom. The molecule has 1 rings (SSSR count). The maximum atomic E-state index is 12.0. The molecule has 1 aliphatic rings. The van der Waals surface area contributed by atoms with Gasteiger partial charge in [0.25, 0.3) is 0 Å². The number of nitrogens with zero attached hydrogens (tertiary/aromatic N) is 3. The van der Waals surface area contributed by atoms with Crippen molar-refractivity contribution in [3.05, 3.63) is 0 Å². The van der Waals surface area contributed by atoms with Crippen molar-refractivity contribution in [2.75, 3.05) is 59.5 Å². The molecule has 1 amide bonds. The van der Waals surface area contributed by atoms with Crippen LogP contribution < -0.4 is 0 Å². The lowest BCUT2D eigenvalue weighted by atomic mass is 10.3. The molecule has 0 spiro atoms. The van der Waals surface area contributed by atoms with Gasteiger partial charge in [0, 0.05) is 39.3 Å². The zero-order chi connectivity index (χ0) is 12.7. The fraction of sp³-hybridized carbons (Fsp3) is 0.917. The molecule has 0 unspecified atom stereocenters. The van der Waals surface area contributed by atoms with E-state index in [4.69, 9.17) is 5.11 Å². The zero-order valence-electron chi connectivity index (χ0n) is 11.1. The summed E-state index contributed by atoms with van der Waals surface area (Å²) in [5.74, 6) is 0.220. The molecule has 0 aromatic rings. The summed E-state index contributed by atoms with van der Waals surface area (Å²) in [5, 5.41) is 8.80. The molecule has 0 aromatic heterocycles. The van der Waals surface area contributed by atoms with Gasteiger partial charge in [0.15, 0.2) is 0 Å². The number of amides is 1. The smallest absolute Gasteiger partial charge is 0.236 e. The first-order valence-corrected chi connectivity index (χ1v) is 6.47. The van der Waals surface area contributed by atoms with Gasteiger partial charge in [-0.05, 0) is 20.0 Å². The lowest BCUT2D eigenvalue weighted by molar-refractivity contribution is -0.134. The van der Waals surface area contributed by atoms with Crippen molar-refractivity contribution in [2.24, 2.45) is 0 Å². The van der Waals surface area contributed by atoms with Gasteiger partial charge in [0.2, 0.25) is 5.91 Å². The summed E-state index contributed by atoms with van der Waals surface area (Å²) in [5.41, 5.74) is 0. The normalized spacial score (nSPS) is 17.8. The Bertz CT molecular complexity index is 228. The average Bonchev–Trinajstić information content (AvgIpc) is 2.35. The highest BCUT2D eigenvalue weighted by atomic mass is 16.3. The minimum atomic E-state index is 0.194. The first-order valence-electron chi connectivity index (χ1n) is 6.47. The minimum Gasteiger partial charge on any atom is -0.396 e. The van der Waals surface area contributed by atoms with E-state index in [0.717, 1.165) is 45.7 Å². The predicted molar refractivity (Wildman–Crippen MR) is 67.9 cm³/mol. The number of rotatable bonds is 6. The van der Waals surface area contributed by atoms with E-state index in [1.54, 1.807) is 0 Å². The van der Waals surface area contributed by atoms with Crippen LogP contribution in [0.5, 0.6) is 0 Å². The Labute approximate surface area is 104 Å². The summed E-state index contributed by atoms with van der Waals surface area (Å²) >= 11 is 0. The third-order valence-corrected chi connectivity index (χ3v) is 3.29. The Morgan fingerprint density at radius 3 is 2.47 bits per heavy atom. The summed E-state index contributed by atoms with van der Waals surface area (Å²) in [6, 6.07) is 0.